The molecule has 0 radical (unpaired) electrons. The van der Waals surface area contributed by atoms with Crippen molar-refractivity contribution in [2.75, 3.05) is 32.9 Å². The minimum absolute atomic E-state index is 0.0517. The Hall–Kier alpha value is -1.11. The zero-order valence-electron chi connectivity index (χ0n) is 12.3. The smallest absolute Gasteiger partial charge is 0.243 e. The number of nitrogens with zero attached hydrogens (tertiary/aromatic N) is 2. The van der Waals surface area contributed by atoms with E-state index in [4.69, 9.17) is 5.73 Å². The van der Waals surface area contributed by atoms with Crippen molar-refractivity contribution < 1.29 is 8.42 Å². The number of anilines is 1. The molecule has 6 heteroatoms. The zero-order valence-corrected chi connectivity index (χ0v) is 13.2. The van der Waals surface area contributed by atoms with Crippen LogP contribution in [0.1, 0.15) is 18.4 Å². The van der Waals surface area contributed by atoms with Gasteiger partial charge < -0.3 is 10.6 Å². The fourth-order valence-corrected chi connectivity index (χ4v) is 4.71. The van der Waals surface area contributed by atoms with Gasteiger partial charge in [0, 0.05) is 24.8 Å². The van der Waals surface area contributed by atoms with Crippen LogP contribution in [0, 0.1) is 6.92 Å². The lowest BCUT2D eigenvalue weighted by molar-refractivity contribution is 0.291. The minimum atomic E-state index is -3.46. The summed E-state index contributed by atoms with van der Waals surface area (Å²) in [5.74, 6) is 0. The molecule has 0 amide bonds. The summed E-state index contributed by atoms with van der Waals surface area (Å²) in [6.07, 6.45) is 1.83. The van der Waals surface area contributed by atoms with E-state index in [1.165, 1.54) is 0 Å². The Balaban J connectivity index is 2.37. The predicted molar refractivity (Wildman–Crippen MR) is 81.1 cm³/mol. The molecule has 0 aromatic heterocycles. The average Bonchev–Trinajstić information content (AvgIpc) is 2.80. The fraction of sp³-hybridized carbons (Fsp3) is 0.571. The van der Waals surface area contributed by atoms with Gasteiger partial charge in [-0.1, -0.05) is 6.07 Å². The molecule has 20 heavy (non-hydrogen) atoms. The number of benzene rings is 1. The van der Waals surface area contributed by atoms with Crippen molar-refractivity contribution in [2.24, 2.45) is 0 Å². The maximum Gasteiger partial charge on any atom is 0.243 e. The maximum absolute atomic E-state index is 12.9. The van der Waals surface area contributed by atoms with E-state index in [2.05, 4.69) is 0 Å². The highest BCUT2D eigenvalue weighted by Crippen LogP contribution is 2.29. The molecule has 2 rings (SSSR count). The molecule has 0 bridgehead atoms. The molecule has 5 nitrogen and oxygen atoms in total. The minimum Gasteiger partial charge on any atom is -0.398 e. The molecule has 1 fully saturated rings. The molecule has 1 saturated heterocycles. The Labute approximate surface area is 121 Å². The van der Waals surface area contributed by atoms with Gasteiger partial charge in [0.05, 0.1) is 4.90 Å². The topological polar surface area (TPSA) is 66.6 Å². The van der Waals surface area contributed by atoms with Gasteiger partial charge in [0.1, 0.15) is 0 Å². The van der Waals surface area contributed by atoms with Crippen LogP contribution in [0.5, 0.6) is 0 Å². The highest BCUT2D eigenvalue weighted by molar-refractivity contribution is 7.89. The van der Waals surface area contributed by atoms with Gasteiger partial charge in [-0.25, -0.2) is 8.42 Å². The quantitative estimate of drug-likeness (QED) is 0.851. The van der Waals surface area contributed by atoms with Crippen LogP contribution in [0.25, 0.3) is 0 Å². The van der Waals surface area contributed by atoms with Gasteiger partial charge in [0.15, 0.2) is 0 Å². The van der Waals surface area contributed by atoms with Crippen molar-refractivity contribution in [3.05, 3.63) is 23.8 Å². The van der Waals surface area contributed by atoms with Crippen LogP contribution in [-0.2, 0) is 10.0 Å². The molecule has 112 valence electrons. The first kappa shape index (κ1) is 15.3. The lowest BCUT2D eigenvalue weighted by Gasteiger charge is -2.27. The van der Waals surface area contributed by atoms with Crippen molar-refractivity contribution >= 4 is 15.7 Å². The summed E-state index contributed by atoms with van der Waals surface area (Å²) in [5, 5.41) is 0. The summed E-state index contributed by atoms with van der Waals surface area (Å²) in [6, 6.07) is 5.13. The van der Waals surface area contributed by atoms with E-state index >= 15 is 0 Å². The molecule has 1 aliphatic rings. The van der Waals surface area contributed by atoms with Crippen LogP contribution >= 0.6 is 0 Å². The molecule has 2 N–H and O–H groups in total. The van der Waals surface area contributed by atoms with Gasteiger partial charge in [0.2, 0.25) is 10.0 Å². The van der Waals surface area contributed by atoms with Crippen LogP contribution in [-0.4, -0.2) is 50.8 Å². The second-order valence-corrected chi connectivity index (χ2v) is 7.50. The Morgan fingerprint density at radius 2 is 2.10 bits per heavy atom. The number of hydrogen-bond donors (Lipinski definition) is 1. The molecular weight excluding hydrogens is 274 g/mol. The number of likely N-dealkylation sites (N-methyl/N-ethyl adjacent to an activating group) is 1. The zero-order chi connectivity index (χ0) is 14.9. The highest BCUT2D eigenvalue weighted by Gasteiger charge is 2.36. The monoisotopic (exact) mass is 297 g/mol. The predicted octanol–water partition coefficient (Wildman–Crippen LogP) is 1.29. The van der Waals surface area contributed by atoms with Gasteiger partial charge in [0.25, 0.3) is 0 Å². The molecule has 1 aromatic carbocycles. The van der Waals surface area contributed by atoms with Crippen LogP contribution in [0.2, 0.25) is 0 Å². The Kier molecular flexibility index (Phi) is 4.36. The first-order chi connectivity index (χ1) is 9.34. The first-order valence-corrected chi connectivity index (χ1v) is 8.29. The average molecular weight is 297 g/mol. The van der Waals surface area contributed by atoms with E-state index in [1.54, 1.807) is 29.4 Å². The Morgan fingerprint density at radius 1 is 1.40 bits per heavy atom. The van der Waals surface area contributed by atoms with Crippen molar-refractivity contribution in [2.45, 2.75) is 30.7 Å². The second kappa shape index (κ2) is 5.71. The fourth-order valence-electron chi connectivity index (χ4n) is 2.77. The van der Waals surface area contributed by atoms with Crippen molar-refractivity contribution in [1.29, 1.82) is 0 Å². The molecule has 1 heterocycles. The van der Waals surface area contributed by atoms with Gasteiger partial charge in [-0.05, 0) is 51.6 Å². The van der Waals surface area contributed by atoms with Gasteiger partial charge in [-0.3, -0.25) is 0 Å². The van der Waals surface area contributed by atoms with E-state index < -0.39 is 10.0 Å². The summed E-state index contributed by atoms with van der Waals surface area (Å²) < 4.78 is 27.3. The van der Waals surface area contributed by atoms with E-state index in [9.17, 15) is 8.42 Å². The Morgan fingerprint density at radius 3 is 2.75 bits per heavy atom. The summed E-state index contributed by atoms with van der Waals surface area (Å²) in [7, 11) is 0.474. The Bertz CT molecular complexity index is 584. The number of nitrogen functional groups attached to an aromatic ring is 1. The molecule has 0 saturated carbocycles. The maximum atomic E-state index is 12.9. The summed E-state index contributed by atoms with van der Waals surface area (Å²) in [5.41, 5.74) is 7.00. The third kappa shape index (κ3) is 2.82. The van der Waals surface area contributed by atoms with Gasteiger partial charge in [-0.15, -0.1) is 0 Å². The summed E-state index contributed by atoms with van der Waals surface area (Å²) >= 11 is 0. The summed E-state index contributed by atoms with van der Waals surface area (Å²) in [6.45, 7) is 3.11. The third-order valence-electron chi connectivity index (χ3n) is 3.81. The molecule has 1 aromatic rings. The number of nitrogens with two attached hydrogens (primary N) is 1. The van der Waals surface area contributed by atoms with E-state index in [1.807, 2.05) is 19.0 Å². The summed E-state index contributed by atoms with van der Waals surface area (Å²) in [4.78, 5) is 2.37. The highest BCUT2D eigenvalue weighted by atomic mass is 32.2. The number of rotatable bonds is 4. The SMILES string of the molecule is Cc1c(N)cccc1S(=O)(=O)N1CCCC1CN(C)C. The van der Waals surface area contributed by atoms with Crippen molar-refractivity contribution in [1.82, 2.24) is 9.21 Å². The molecule has 0 aliphatic carbocycles. The molecular formula is C14H23N3O2S. The van der Waals surface area contributed by atoms with Crippen molar-refractivity contribution in [3.63, 3.8) is 0 Å². The normalized spacial score (nSPS) is 20.7. The van der Waals surface area contributed by atoms with Crippen LogP contribution in [0.3, 0.4) is 0 Å². The van der Waals surface area contributed by atoms with E-state index in [0.717, 1.165) is 19.4 Å². The number of sulfonamides is 1. The van der Waals surface area contributed by atoms with E-state index in [0.29, 0.717) is 22.7 Å². The van der Waals surface area contributed by atoms with Crippen LogP contribution < -0.4 is 5.73 Å². The molecule has 0 spiro atoms. The lowest BCUT2D eigenvalue weighted by Crippen LogP contribution is -2.41. The molecule has 1 atom stereocenters. The van der Waals surface area contributed by atoms with Crippen molar-refractivity contribution in [3.8, 4) is 0 Å². The standard InChI is InChI=1S/C14H23N3O2S/c1-11-13(15)7-4-8-14(11)20(18,19)17-9-5-6-12(17)10-16(2)3/h4,7-8,12H,5-6,9-10,15H2,1-3H3. The van der Waals surface area contributed by atoms with E-state index in [-0.39, 0.29) is 6.04 Å². The molecule has 1 aliphatic heterocycles. The van der Waals surface area contributed by atoms with Gasteiger partial charge in [-0.2, -0.15) is 4.31 Å². The first-order valence-electron chi connectivity index (χ1n) is 6.85. The van der Waals surface area contributed by atoms with Gasteiger partial charge >= 0.3 is 0 Å². The number of hydrogen-bond acceptors (Lipinski definition) is 4. The largest absolute Gasteiger partial charge is 0.398 e. The molecule has 1 unspecified atom stereocenters. The van der Waals surface area contributed by atoms with Crippen LogP contribution in [0.15, 0.2) is 23.1 Å². The third-order valence-corrected chi connectivity index (χ3v) is 5.91. The lowest BCUT2D eigenvalue weighted by atomic mass is 10.2. The second-order valence-electron chi connectivity index (χ2n) is 5.64. The van der Waals surface area contributed by atoms with Crippen LogP contribution in [0.4, 0.5) is 5.69 Å².